The summed E-state index contributed by atoms with van der Waals surface area (Å²) < 4.78 is 36.5. The molecule has 1 fully saturated rings. The van der Waals surface area contributed by atoms with Crippen molar-refractivity contribution in [3.05, 3.63) is 0 Å². The highest BCUT2D eigenvalue weighted by Gasteiger charge is 2.85. The molecule has 0 saturated heterocycles. The highest BCUT2D eigenvalue weighted by molar-refractivity contribution is 6.52. The molecule has 5 heteroatoms. The van der Waals surface area contributed by atoms with Crippen LogP contribution in [-0.4, -0.2) is 10.5 Å². The van der Waals surface area contributed by atoms with Gasteiger partial charge in [0.05, 0.1) is 0 Å². The van der Waals surface area contributed by atoms with Crippen molar-refractivity contribution in [1.82, 2.24) is 0 Å². The molecule has 0 radical (unpaired) electrons. The first kappa shape index (κ1) is 11.4. The Morgan fingerprint density at radius 3 is 1.54 bits per heavy atom. The van der Waals surface area contributed by atoms with E-state index >= 15 is 0 Å². The van der Waals surface area contributed by atoms with E-state index in [9.17, 15) is 13.2 Å². The Labute approximate surface area is 85.4 Å². The molecule has 13 heavy (non-hydrogen) atoms. The van der Waals surface area contributed by atoms with Crippen molar-refractivity contribution in [3.63, 3.8) is 0 Å². The molecule has 0 aromatic rings. The molecule has 78 valence electrons. The van der Waals surface area contributed by atoms with E-state index in [1.165, 1.54) is 20.8 Å². The van der Waals surface area contributed by atoms with Gasteiger partial charge in [-0.25, -0.2) is 0 Å². The van der Waals surface area contributed by atoms with Crippen LogP contribution in [0, 0.1) is 17.3 Å². The second-order valence-electron chi connectivity index (χ2n) is 3.87. The van der Waals surface area contributed by atoms with Crippen LogP contribution in [0.5, 0.6) is 0 Å². The van der Waals surface area contributed by atoms with Gasteiger partial charge in [-0.1, -0.05) is 20.8 Å². The van der Waals surface area contributed by atoms with E-state index in [1.54, 1.807) is 0 Å². The summed E-state index contributed by atoms with van der Waals surface area (Å²) in [5.74, 6) is -1.33. The number of alkyl halides is 5. The van der Waals surface area contributed by atoms with Gasteiger partial charge in [-0.2, -0.15) is 13.2 Å². The first-order valence-corrected chi connectivity index (χ1v) is 4.80. The van der Waals surface area contributed by atoms with Gasteiger partial charge in [-0.05, 0) is 5.92 Å². The molecule has 2 atom stereocenters. The molecule has 0 aromatic carbocycles. The largest absolute Gasteiger partial charge is 0.398 e. The summed E-state index contributed by atoms with van der Waals surface area (Å²) in [7, 11) is 0. The number of rotatable bonds is 1. The van der Waals surface area contributed by atoms with E-state index in [0.717, 1.165) is 0 Å². The zero-order valence-electron chi connectivity index (χ0n) is 7.54. The van der Waals surface area contributed by atoms with Crippen LogP contribution in [0.3, 0.4) is 0 Å². The summed E-state index contributed by atoms with van der Waals surface area (Å²) in [6.07, 6.45) is -4.33. The first-order valence-electron chi connectivity index (χ1n) is 4.04. The fourth-order valence-corrected chi connectivity index (χ4v) is 3.46. The van der Waals surface area contributed by atoms with Gasteiger partial charge in [0.2, 0.25) is 0 Å². The highest BCUT2D eigenvalue weighted by atomic mass is 35.5. The Kier molecular flexibility index (Phi) is 2.37. The summed E-state index contributed by atoms with van der Waals surface area (Å²) in [6, 6.07) is 0. The fourth-order valence-electron chi connectivity index (χ4n) is 2.24. The topological polar surface area (TPSA) is 0 Å². The van der Waals surface area contributed by atoms with Crippen LogP contribution in [0.2, 0.25) is 0 Å². The molecule has 1 rings (SSSR count). The van der Waals surface area contributed by atoms with Crippen molar-refractivity contribution in [3.8, 4) is 0 Å². The monoisotopic (exact) mass is 234 g/mol. The molecule has 0 N–H and O–H groups in total. The molecule has 1 saturated carbocycles. The van der Waals surface area contributed by atoms with Gasteiger partial charge in [0.1, 0.15) is 9.75 Å². The summed E-state index contributed by atoms with van der Waals surface area (Å²) in [5.41, 5.74) is -1.93. The maximum Gasteiger partial charge on any atom is 0.398 e. The minimum atomic E-state index is -4.33. The highest BCUT2D eigenvalue weighted by Crippen LogP contribution is 2.78. The molecular weight excluding hydrogens is 224 g/mol. The van der Waals surface area contributed by atoms with Crippen molar-refractivity contribution >= 4 is 23.2 Å². The Balaban J connectivity index is 3.10. The molecular formula is C8H11Cl2F3. The van der Waals surface area contributed by atoms with Crippen molar-refractivity contribution in [2.24, 2.45) is 17.3 Å². The smallest absolute Gasteiger partial charge is 0.170 e. The van der Waals surface area contributed by atoms with E-state index in [1.807, 2.05) is 0 Å². The van der Waals surface area contributed by atoms with Gasteiger partial charge >= 0.3 is 6.18 Å². The molecule has 1 aliphatic carbocycles. The summed E-state index contributed by atoms with van der Waals surface area (Å²) in [6.45, 7) is 4.43. The molecule has 0 aliphatic heterocycles. The predicted molar refractivity (Wildman–Crippen MR) is 46.9 cm³/mol. The first-order chi connectivity index (χ1) is 5.60. The number of hydrogen-bond acceptors (Lipinski definition) is 0. The summed E-state index contributed by atoms with van der Waals surface area (Å²) in [4.78, 5) is 0. The van der Waals surface area contributed by atoms with Crippen LogP contribution in [0.4, 0.5) is 13.2 Å². The zero-order valence-corrected chi connectivity index (χ0v) is 9.06. The van der Waals surface area contributed by atoms with Crippen molar-refractivity contribution < 1.29 is 13.2 Å². The van der Waals surface area contributed by atoms with Gasteiger partial charge in [0, 0.05) is 5.92 Å². The van der Waals surface area contributed by atoms with Gasteiger partial charge < -0.3 is 0 Å². The third-order valence-electron chi connectivity index (χ3n) is 3.07. The van der Waals surface area contributed by atoms with Gasteiger partial charge in [-0.3, -0.25) is 0 Å². The summed E-state index contributed by atoms with van der Waals surface area (Å²) >= 11 is 11.3. The Morgan fingerprint density at radius 2 is 1.54 bits per heavy atom. The van der Waals surface area contributed by atoms with E-state index in [2.05, 4.69) is 0 Å². The predicted octanol–water partition coefficient (Wildman–Crippen LogP) is 4.01. The van der Waals surface area contributed by atoms with Crippen LogP contribution in [0.1, 0.15) is 20.8 Å². The number of hydrogen-bond donors (Lipinski definition) is 0. The Hall–Kier alpha value is 0.370. The molecule has 0 spiro atoms. The quantitative estimate of drug-likeness (QED) is 0.602. The fraction of sp³-hybridized carbons (Fsp3) is 1.00. The van der Waals surface area contributed by atoms with Crippen LogP contribution in [0.15, 0.2) is 0 Å². The molecule has 1 aliphatic rings. The van der Waals surface area contributed by atoms with Gasteiger partial charge in [0.15, 0.2) is 0 Å². The standard InChI is InChI=1S/C8H11Cl2F3/c1-4(2)6(8(11,12)13)5(3)7(6,9)10/h4-5H,1-3H3. The number of halogens is 5. The van der Waals surface area contributed by atoms with Crippen molar-refractivity contribution in [2.45, 2.75) is 31.3 Å². The van der Waals surface area contributed by atoms with E-state index in [4.69, 9.17) is 23.2 Å². The molecule has 0 heterocycles. The third-order valence-corrected chi connectivity index (χ3v) is 4.35. The molecule has 0 amide bonds. The lowest BCUT2D eigenvalue weighted by molar-refractivity contribution is -0.204. The SMILES string of the molecule is CC(C)C1(C(F)(F)F)C(C)C1(Cl)Cl. The Bertz CT molecular complexity index is 210. The minimum Gasteiger partial charge on any atom is -0.170 e. The second kappa shape index (κ2) is 2.69. The van der Waals surface area contributed by atoms with E-state index in [-0.39, 0.29) is 0 Å². The van der Waals surface area contributed by atoms with Crippen LogP contribution >= 0.6 is 23.2 Å². The maximum atomic E-state index is 12.7. The molecule has 0 bridgehead atoms. The average Bonchev–Trinajstić information content (AvgIpc) is 2.26. The van der Waals surface area contributed by atoms with Crippen molar-refractivity contribution in [2.75, 3.05) is 0 Å². The Morgan fingerprint density at radius 1 is 1.23 bits per heavy atom. The normalized spacial score (nSPS) is 38.1. The minimum absolute atomic E-state index is 0.600. The van der Waals surface area contributed by atoms with Crippen LogP contribution in [-0.2, 0) is 0 Å². The lowest BCUT2D eigenvalue weighted by Crippen LogP contribution is -2.35. The lowest BCUT2D eigenvalue weighted by Gasteiger charge is -2.25. The zero-order chi connectivity index (χ0) is 10.7. The molecule has 0 nitrogen and oxygen atoms in total. The molecule has 2 unspecified atom stereocenters. The van der Waals surface area contributed by atoms with Crippen LogP contribution < -0.4 is 0 Å². The average molecular weight is 235 g/mol. The second-order valence-corrected chi connectivity index (χ2v) is 5.25. The van der Waals surface area contributed by atoms with Gasteiger partial charge in [-0.15, -0.1) is 23.2 Å². The summed E-state index contributed by atoms with van der Waals surface area (Å²) in [5, 5.41) is 0. The molecule has 0 aromatic heterocycles. The lowest BCUT2D eigenvalue weighted by atomic mass is 9.89. The maximum absolute atomic E-state index is 12.7. The third kappa shape index (κ3) is 1.13. The van der Waals surface area contributed by atoms with Crippen LogP contribution in [0.25, 0.3) is 0 Å². The van der Waals surface area contributed by atoms with Crippen molar-refractivity contribution in [1.29, 1.82) is 0 Å². The van der Waals surface area contributed by atoms with E-state index < -0.39 is 27.8 Å². The van der Waals surface area contributed by atoms with Gasteiger partial charge in [0.25, 0.3) is 0 Å². The van der Waals surface area contributed by atoms with E-state index in [0.29, 0.717) is 0 Å².